The first-order chi connectivity index (χ1) is 12.1. The Labute approximate surface area is 176 Å². The van der Waals surface area contributed by atoms with Crippen molar-refractivity contribution in [2.45, 2.75) is 32.9 Å². The van der Waals surface area contributed by atoms with Gasteiger partial charge in [0.05, 0.1) is 20.2 Å². The van der Waals surface area contributed by atoms with Gasteiger partial charge in [0.2, 0.25) is 0 Å². The Bertz CT molecular complexity index is 693. The summed E-state index contributed by atoms with van der Waals surface area (Å²) in [7, 11) is 3.40. The quantitative estimate of drug-likeness (QED) is 0.337. The van der Waals surface area contributed by atoms with Crippen LogP contribution < -0.4 is 20.1 Å². The van der Waals surface area contributed by atoms with Crippen LogP contribution in [-0.2, 0) is 13.0 Å². The molecule has 0 amide bonds. The lowest BCUT2D eigenvalue weighted by atomic mass is 10.3. The smallest absolute Gasteiger partial charge is 0.191 e. The highest BCUT2D eigenvalue weighted by Crippen LogP contribution is 2.19. The number of aromatic nitrogens is 1. The summed E-state index contributed by atoms with van der Waals surface area (Å²) < 4.78 is 11.1. The fourth-order valence-electron chi connectivity index (χ4n) is 2.16. The second-order valence-electron chi connectivity index (χ2n) is 5.49. The zero-order valence-electron chi connectivity index (χ0n) is 15.6. The van der Waals surface area contributed by atoms with Crippen LogP contribution in [0, 0.1) is 0 Å². The van der Waals surface area contributed by atoms with Crippen molar-refractivity contribution in [3.8, 4) is 11.5 Å². The number of guanidine groups is 1. The fraction of sp³-hybridized carbons (Fsp3) is 0.444. The van der Waals surface area contributed by atoms with Crippen molar-refractivity contribution in [1.82, 2.24) is 15.6 Å². The molecule has 144 valence electrons. The number of nitrogens with zero attached hydrogens (tertiary/aromatic N) is 2. The van der Waals surface area contributed by atoms with E-state index in [4.69, 9.17) is 9.47 Å². The SMILES string of the molecule is CCc1cnc(CNC(=NC)NCC(C)Oc2cccc(OC)c2)s1.I. The molecule has 6 nitrogen and oxygen atoms in total. The number of aliphatic imine (C=N–C) groups is 1. The van der Waals surface area contributed by atoms with Crippen LogP contribution >= 0.6 is 35.3 Å². The van der Waals surface area contributed by atoms with Crippen molar-refractivity contribution < 1.29 is 9.47 Å². The van der Waals surface area contributed by atoms with E-state index in [0.717, 1.165) is 28.9 Å². The molecule has 8 heteroatoms. The molecular weight excluding hydrogens is 463 g/mol. The van der Waals surface area contributed by atoms with Gasteiger partial charge < -0.3 is 20.1 Å². The topological polar surface area (TPSA) is 67.8 Å². The molecule has 2 rings (SSSR count). The second-order valence-corrected chi connectivity index (χ2v) is 6.69. The third-order valence-corrected chi connectivity index (χ3v) is 4.66. The van der Waals surface area contributed by atoms with E-state index >= 15 is 0 Å². The van der Waals surface area contributed by atoms with Crippen LogP contribution in [0.25, 0.3) is 0 Å². The minimum atomic E-state index is -0.0165. The third-order valence-electron chi connectivity index (χ3n) is 3.52. The van der Waals surface area contributed by atoms with Crippen LogP contribution in [0.4, 0.5) is 0 Å². The maximum Gasteiger partial charge on any atom is 0.191 e. The molecule has 0 bridgehead atoms. The summed E-state index contributed by atoms with van der Waals surface area (Å²) in [5.41, 5.74) is 0. The molecule has 26 heavy (non-hydrogen) atoms. The monoisotopic (exact) mass is 490 g/mol. The molecule has 0 saturated heterocycles. The number of benzene rings is 1. The molecule has 0 aliphatic rings. The first kappa shape index (κ1) is 22.5. The van der Waals surface area contributed by atoms with Gasteiger partial charge in [-0.1, -0.05) is 13.0 Å². The summed E-state index contributed by atoms with van der Waals surface area (Å²) in [5.74, 6) is 2.30. The van der Waals surface area contributed by atoms with E-state index in [-0.39, 0.29) is 30.1 Å². The molecule has 0 fully saturated rings. The Balaban J connectivity index is 0.00000338. The van der Waals surface area contributed by atoms with Crippen LogP contribution in [0.2, 0.25) is 0 Å². The molecule has 1 heterocycles. The largest absolute Gasteiger partial charge is 0.497 e. The number of aryl methyl sites for hydroxylation is 1. The summed E-state index contributed by atoms with van der Waals surface area (Å²) in [6, 6.07) is 7.59. The van der Waals surface area contributed by atoms with Crippen LogP contribution in [-0.4, -0.2) is 37.7 Å². The highest BCUT2D eigenvalue weighted by atomic mass is 127. The Morgan fingerprint density at radius 2 is 2.08 bits per heavy atom. The number of methoxy groups -OCH3 is 1. The van der Waals surface area contributed by atoms with E-state index in [1.165, 1.54) is 4.88 Å². The van der Waals surface area contributed by atoms with Crippen molar-refractivity contribution in [1.29, 1.82) is 0 Å². The number of hydrogen-bond acceptors (Lipinski definition) is 5. The van der Waals surface area contributed by atoms with E-state index in [1.807, 2.05) is 37.4 Å². The van der Waals surface area contributed by atoms with Crippen molar-refractivity contribution in [2.24, 2.45) is 4.99 Å². The normalized spacial score (nSPS) is 12.1. The van der Waals surface area contributed by atoms with Gasteiger partial charge in [-0.3, -0.25) is 4.99 Å². The second kappa shape index (κ2) is 11.9. The predicted octanol–water partition coefficient (Wildman–Crippen LogP) is 3.46. The van der Waals surface area contributed by atoms with E-state index in [2.05, 4.69) is 27.5 Å². The first-order valence-corrected chi connectivity index (χ1v) is 9.15. The lowest BCUT2D eigenvalue weighted by Crippen LogP contribution is -2.41. The van der Waals surface area contributed by atoms with E-state index in [9.17, 15) is 0 Å². The summed E-state index contributed by atoms with van der Waals surface area (Å²) >= 11 is 1.72. The van der Waals surface area contributed by atoms with Crippen LogP contribution in [0.1, 0.15) is 23.7 Å². The standard InChI is InChI=1S/C18H26N4O2S.HI/c1-5-16-11-20-17(25-16)12-22-18(19-3)21-10-13(2)24-15-8-6-7-14(9-15)23-4;/h6-9,11,13H,5,10,12H2,1-4H3,(H2,19,21,22);1H. The number of thiazole rings is 1. The third kappa shape index (κ3) is 7.36. The van der Waals surface area contributed by atoms with Crippen molar-refractivity contribution in [3.63, 3.8) is 0 Å². The van der Waals surface area contributed by atoms with E-state index < -0.39 is 0 Å². The molecular formula is C18H27IN4O2S. The summed E-state index contributed by atoms with van der Waals surface area (Å²) in [6.07, 6.45) is 2.93. The molecule has 2 N–H and O–H groups in total. The average Bonchev–Trinajstić information content (AvgIpc) is 3.10. The number of ether oxygens (including phenoxy) is 2. The fourth-order valence-corrected chi connectivity index (χ4v) is 2.96. The molecule has 1 aromatic heterocycles. The van der Waals surface area contributed by atoms with Crippen molar-refractivity contribution in [3.05, 3.63) is 40.3 Å². The molecule has 1 atom stereocenters. The number of nitrogens with one attached hydrogen (secondary N) is 2. The van der Waals surface area contributed by atoms with Gasteiger partial charge in [0, 0.05) is 24.2 Å². The summed E-state index contributed by atoms with van der Waals surface area (Å²) in [5, 5.41) is 7.60. The number of rotatable bonds is 8. The zero-order valence-corrected chi connectivity index (χ0v) is 18.8. The molecule has 0 spiro atoms. The first-order valence-electron chi connectivity index (χ1n) is 8.33. The maximum absolute atomic E-state index is 5.90. The highest BCUT2D eigenvalue weighted by molar-refractivity contribution is 14.0. The molecule has 0 saturated carbocycles. The van der Waals surface area contributed by atoms with E-state index in [0.29, 0.717) is 13.1 Å². The highest BCUT2D eigenvalue weighted by Gasteiger charge is 2.07. The van der Waals surface area contributed by atoms with Gasteiger partial charge in [-0.25, -0.2) is 4.98 Å². The number of halogens is 1. The Kier molecular flexibility index (Phi) is 10.3. The molecule has 0 aliphatic carbocycles. The van der Waals surface area contributed by atoms with Gasteiger partial charge in [-0.05, 0) is 25.5 Å². The molecule has 2 aromatic rings. The Morgan fingerprint density at radius 3 is 2.73 bits per heavy atom. The van der Waals surface area contributed by atoms with Crippen molar-refractivity contribution in [2.75, 3.05) is 20.7 Å². The van der Waals surface area contributed by atoms with Crippen LogP contribution in [0.3, 0.4) is 0 Å². The van der Waals surface area contributed by atoms with Gasteiger partial charge in [-0.2, -0.15) is 0 Å². The summed E-state index contributed by atoms with van der Waals surface area (Å²) in [6.45, 7) is 5.44. The maximum atomic E-state index is 5.90. The Morgan fingerprint density at radius 1 is 1.31 bits per heavy atom. The van der Waals surface area contributed by atoms with Gasteiger partial charge in [0.1, 0.15) is 22.6 Å². The average molecular weight is 490 g/mol. The minimum absolute atomic E-state index is 0. The molecule has 0 radical (unpaired) electrons. The van der Waals surface area contributed by atoms with Crippen LogP contribution in [0.15, 0.2) is 35.5 Å². The minimum Gasteiger partial charge on any atom is -0.497 e. The lowest BCUT2D eigenvalue weighted by Gasteiger charge is -2.17. The zero-order chi connectivity index (χ0) is 18.1. The Hall–Kier alpha value is -1.55. The number of hydrogen-bond donors (Lipinski definition) is 2. The van der Waals surface area contributed by atoms with Crippen molar-refractivity contribution >= 4 is 41.3 Å². The van der Waals surface area contributed by atoms with Crippen LogP contribution in [0.5, 0.6) is 11.5 Å². The molecule has 1 aromatic carbocycles. The van der Waals surface area contributed by atoms with Gasteiger partial charge in [0.25, 0.3) is 0 Å². The van der Waals surface area contributed by atoms with Gasteiger partial charge >= 0.3 is 0 Å². The van der Waals surface area contributed by atoms with Gasteiger partial charge in [0.15, 0.2) is 5.96 Å². The van der Waals surface area contributed by atoms with Gasteiger partial charge in [-0.15, -0.1) is 35.3 Å². The molecule has 0 aliphatic heterocycles. The molecule has 1 unspecified atom stereocenters. The summed E-state index contributed by atoms with van der Waals surface area (Å²) in [4.78, 5) is 9.92. The van der Waals surface area contributed by atoms with E-state index in [1.54, 1.807) is 25.5 Å². The lowest BCUT2D eigenvalue weighted by molar-refractivity contribution is 0.223. The predicted molar refractivity (Wildman–Crippen MR) is 118 cm³/mol.